The first-order chi connectivity index (χ1) is 12.4. The lowest BCUT2D eigenvalue weighted by Gasteiger charge is -2.26. The summed E-state index contributed by atoms with van der Waals surface area (Å²) in [6.07, 6.45) is 1.09. The van der Waals surface area contributed by atoms with Crippen molar-refractivity contribution >= 4 is 15.7 Å². The molecular weight excluding hydrogens is 352 g/mol. The van der Waals surface area contributed by atoms with Gasteiger partial charge in [0, 0.05) is 25.9 Å². The second-order valence-electron chi connectivity index (χ2n) is 6.31. The van der Waals surface area contributed by atoms with E-state index in [1.54, 1.807) is 0 Å². The number of aromatic hydroxyl groups is 1. The van der Waals surface area contributed by atoms with E-state index in [0.29, 0.717) is 32.5 Å². The number of hydrogen-bond acceptors (Lipinski definition) is 5. The van der Waals surface area contributed by atoms with Crippen molar-refractivity contribution in [3.05, 3.63) is 59.7 Å². The molecule has 0 unspecified atom stereocenters. The van der Waals surface area contributed by atoms with Gasteiger partial charge < -0.3 is 9.94 Å². The molecule has 2 aromatic carbocycles. The van der Waals surface area contributed by atoms with Gasteiger partial charge in [0.15, 0.2) is 0 Å². The summed E-state index contributed by atoms with van der Waals surface area (Å²) in [5.41, 5.74) is 3.11. The Kier molecular flexibility index (Phi) is 5.58. The summed E-state index contributed by atoms with van der Waals surface area (Å²) in [6, 6.07) is 13.6. The highest BCUT2D eigenvalue weighted by Gasteiger charge is 2.28. The van der Waals surface area contributed by atoms with Gasteiger partial charge >= 0.3 is 0 Å². The molecule has 1 aliphatic heterocycles. The van der Waals surface area contributed by atoms with Gasteiger partial charge in [-0.2, -0.15) is 4.31 Å². The van der Waals surface area contributed by atoms with Gasteiger partial charge in [-0.3, -0.25) is 0 Å². The Balaban J connectivity index is 1.55. The molecule has 1 N–H and O–H groups in total. The summed E-state index contributed by atoms with van der Waals surface area (Å²) in [5.74, 6) is 0.0442. The van der Waals surface area contributed by atoms with Crippen LogP contribution in [0.2, 0.25) is 0 Å². The van der Waals surface area contributed by atoms with Crippen molar-refractivity contribution in [1.29, 1.82) is 0 Å². The summed E-state index contributed by atoms with van der Waals surface area (Å²) in [4.78, 5) is 5.60. The van der Waals surface area contributed by atoms with E-state index in [-0.39, 0.29) is 10.6 Å². The van der Waals surface area contributed by atoms with E-state index in [1.165, 1.54) is 34.1 Å². The van der Waals surface area contributed by atoms with E-state index in [2.05, 4.69) is 5.16 Å². The molecule has 6 nitrogen and oxygen atoms in total. The van der Waals surface area contributed by atoms with Crippen molar-refractivity contribution in [2.45, 2.75) is 31.3 Å². The molecule has 1 heterocycles. The van der Waals surface area contributed by atoms with Gasteiger partial charge in [0.25, 0.3) is 0 Å². The van der Waals surface area contributed by atoms with E-state index in [1.807, 2.05) is 31.2 Å². The molecule has 0 spiro atoms. The number of phenolic OH excluding ortho intramolecular Hbond substituents is 1. The molecular formula is C19H22N2O4S. The Bertz CT molecular complexity index is 865. The average Bonchev–Trinajstić information content (AvgIpc) is 2.64. The SMILES string of the molecule is Cc1ccc(CON=C2CCN(S(=O)(=O)c3ccc(O)cc3)CC2)cc1. The van der Waals surface area contributed by atoms with Gasteiger partial charge in [0.2, 0.25) is 10.0 Å². The fraction of sp³-hybridized carbons (Fsp3) is 0.316. The van der Waals surface area contributed by atoms with Crippen molar-refractivity contribution in [1.82, 2.24) is 4.31 Å². The van der Waals surface area contributed by atoms with Gasteiger partial charge in [0.05, 0.1) is 10.6 Å². The second-order valence-corrected chi connectivity index (χ2v) is 8.25. The van der Waals surface area contributed by atoms with Crippen molar-refractivity contribution in [3.63, 3.8) is 0 Å². The summed E-state index contributed by atoms with van der Waals surface area (Å²) < 4.78 is 26.7. The Hall–Kier alpha value is -2.38. The van der Waals surface area contributed by atoms with Gasteiger partial charge in [-0.25, -0.2) is 8.42 Å². The lowest BCUT2D eigenvalue weighted by Crippen LogP contribution is -2.38. The number of aryl methyl sites for hydroxylation is 1. The van der Waals surface area contributed by atoms with Crippen molar-refractivity contribution in [2.24, 2.45) is 5.16 Å². The Morgan fingerprint density at radius 1 is 1.04 bits per heavy atom. The molecule has 0 aliphatic carbocycles. The molecule has 1 aliphatic rings. The molecule has 26 heavy (non-hydrogen) atoms. The number of rotatable bonds is 5. The Labute approximate surface area is 153 Å². The van der Waals surface area contributed by atoms with Crippen LogP contribution in [-0.2, 0) is 21.5 Å². The zero-order valence-electron chi connectivity index (χ0n) is 14.6. The molecule has 2 aromatic rings. The topological polar surface area (TPSA) is 79.2 Å². The van der Waals surface area contributed by atoms with E-state index in [9.17, 15) is 13.5 Å². The van der Waals surface area contributed by atoms with E-state index in [4.69, 9.17) is 4.84 Å². The largest absolute Gasteiger partial charge is 0.508 e. The third kappa shape index (κ3) is 4.42. The van der Waals surface area contributed by atoms with Crippen LogP contribution < -0.4 is 0 Å². The van der Waals surface area contributed by atoms with Crippen molar-refractivity contribution < 1.29 is 18.4 Å². The average molecular weight is 374 g/mol. The third-order valence-corrected chi connectivity index (χ3v) is 6.23. The lowest BCUT2D eigenvalue weighted by molar-refractivity contribution is 0.128. The molecule has 138 valence electrons. The number of benzene rings is 2. The third-order valence-electron chi connectivity index (χ3n) is 4.32. The minimum absolute atomic E-state index is 0.0442. The second kappa shape index (κ2) is 7.88. The van der Waals surface area contributed by atoms with Gasteiger partial charge in [0.1, 0.15) is 12.4 Å². The summed E-state index contributed by atoms with van der Waals surface area (Å²) in [6.45, 7) is 3.18. The van der Waals surface area contributed by atoms with Crippen LogP contribution in [0.25, 0.3) is 0 Å². The number of nitrogens with zero attached hydrogens (tertiary/aromatic N) is 2. The molecule has 7 heteroatoms. The highest BCUT2D eigenvalue weighted by Crippen LogP contribution is 2.21. The minimum Gasteiger partial charge on any atom is -0.508 e. The molecule has 1 saturated heterocycles. The minimum atomic E-state index is -3.54. The highest BCUT2D eigenvalue weighted by molar-refractivity contribution is 7.89. The maximum absolute atomic E-state index is 12.6. The fourth-order valence-electron chi connectivity index (χ4n) is 2.73. The van der Waals surface area contributed by atoms with Gasteiger partial charge in [-0.05, 0) is 36.8 Å². The zero-order valence-corrected chi connectivity index (χ0v) is 15.4. The van der Waals surface area contributed by atoms with E-state index < -0.39 is 10.0 Å². The van der Waals surface area contributed by atoms with E-state index in [0.717, 1.165) is 11.3 Å². The Morgan fingerprint density at radius 2 is 1.65 bits per heavy atom. The molecule has 0 atom stereocenters. The number of hydrogen-bond donors (Lipinski definition) is 1. The fourth-order valence-corrected chi connectivity index (χ4v) is 4.17. The van der Waals surface area contributed by atoms with Crippen molar-refractivity contribution in [2.75, 3.05) is 13.1 Å². The van der Waals surface area contributed by atoms with Crippen LogP contribution in [0, 0.1) is 6.92 Å². The van der Waals surface area contributed by atoms with Crippen LogP contribution in [0.5, 0.6) is 5.75 Å². The molecule has 1 fully saturated rings. The van der Waals surface area contributed by atoms with E-state index >= 15 is 0 Å². The zero-order chi connectivity index (χ0) is 18.6. The smallest absolute Gasteiger partial charge is 0.243 e. The van der Waals surface area contributed by atoms with Crippen LogP contribution >= 0.6 is 0 Å². The maximum Gasteiger partial charge on any atom is 0.243 e. The molecule has 0 saturated carbocycles. The number of piperidine rings is 1. The standard InChI is InChI=1S/C19H22N2O4S/c1-15-2-4-16(5-3-15)14-25-20-17-10-12-21(13-11-17)26(23,24)19-8-6-18(22)7-9-19/h2-9,22H,10-14H2,1H3. The summed E-state index contributed by atoms with van der Waals surface area (Å²) >= 11 is 0. The van der Waals surface area contributed by atoms with Crippen LogP contribution in [-0.4, -0.2) is 36.6 Å². The first-order valence-corrected chi connectivity index (χ1v) is 9.91. The number of sulfonamides is 1. The number of phenols is 1. The monoisotopic (exact) mass is 374 g/mol. The first kappa shape index (κ1) is 18.4. The predicted molar refractivity (Wildman–Crippen MR) is 99.5 cm³/mol. The molecule has 3 rings (SSSR count). The van der Waals surface area contributed by atoms with Crippen LogP contribution in [0.1, 0.15) is 24.0 Å². The van der Waals surface area contributed by atoms with Crippen LogP contribution in [0.4, 0.5) is 0 Å². The maximum atomic E-state index is 12.6. The normalized spacial score (nSPS) is 15.7. The first-order valence-electron chi connectivity index (χ1n) is 8.47. The summed E-state index contributed by atoms with van der Waals surface area (Å²) in [5, 5.41) is 13.5. The van der Waals surface area contributed by atoms with Crippen LogP contribution in [0.15, 0.2) is 58.6 Å². The molecule has 0 aromatic heterocycles. The molecule has 0 bridgehead atoms. The quantitative estimate of drug-likeness (QED) is 0.816. The van der Waals surface area contributed by atoms with Gasteiger partial charge in [-0.1, -0.05) is 35.0 Å². The van der Waals surface area contributed by atoms with Gasteiger partial charge in [-0.15, -0.1) is 0 Å². The highest BCUT2D eigenvalue weighted by atomic mass is 32.2. The molecule has 0 radical (unpaired) electrons. The Morgan fingerprint density at radius 3 is 2.27 bits per heavy atom. The number of oxime groups is 1. The van der Waals surface area contributed by atoms with Crippen LogP contribution in [0.3, 0.4) is 0 Å². The molecule has 0 amide bonds. The van der Waals surface area contributed by atoms with Crippen molar-refractivity contribution in [3.8, 4) is 5.75 Å². The summed E-state index contributed by atoms with van der Waals surface area (Å²) in [7, 11) is -3.54. The predicted octanol–water partition coefficient (Wildman–Crippen LogP) is 3.06. The lowest BCUT2D eigenvalue weighted by atomic mass is 10.1.